The molecule has 0 N–H and O–H groups in total. The van der Waals surface area contributed by atoms with Crippen molar-refractivity contribution in [1.82, 2.24) is 0 Å². The molecule has 0 aliphatic heterocycles. The molecule has 0 bridgehead atoms. The van der Waals surface area contributed by atoms with E-state index in [0.29, 0.717) is 0 Å². The van der Waals surface area contributed by atoms with Crippen LogP contribution in [0.1, 0.15) is 0 Å². The van der Waals surface area contributed by atoms with Crippen LogP contribution in [0.15, 0.2) is 194 Å². The van der Waals surface area contributed by atoms with Crippen LogP contribution in [0, 0.1) is 0 Å². The second-order valence-electron chi connectivity index (χ2n) is 11.4. The summed E-state index contributed by atoms with van der Waals surface area (Å²) >= 11 is 0. The van der Waals surface area contributed by atoms with E-state index in [4.69, 9.17) is 0 Å². The average Bonchev–Trinajstić information content (AvgIpc) is 3.13. The molecule has 3 heteroatoms. The van der Waals surface area contributed by atoms with Crippen molar-refractivity contribution >= 4 is 98.8 Å². The third kappa shape index (κ3) is 6.26. The molecule has 0 saturated heterocycles. The molecule has 1 radical (unpaired) electrons. The van der Waals surface area contributed by atoms with E-state index in [-0.39, 0.29) is 29.6 Å². The molecule has 0 unspecified atom stereocenters. The molecule has 0 aromatic heterocycles. The van der Waals surface area contributed by atoms with Gasteiger partial charge < -0.3 is 0 Å². The summed E-state index contributed by atoms with van der Waals surface area (Å²) in [5, 5.41) is 13.4. The Morgan fingerprint density at radius 3 is 1.26 bits per heavy atom. The zero-order valence-corrected chi connectivity index (χ0v) is 30.2. The van der Waals surface area contributed by atoms with Crippen molar-refractivity contribution in [2.24, 2.45) is 0 Å². The maximum absolute atomic E-state index is 2.52. The molecule has 0 heterocycles. The third-order valence-electron chi connectivity index (χ3n) is 8.58. The Morgan fingerprint density at radius 1 is 0.319 bits per heavy atom. The molecule has 8 aromatic carbocycles. The second kappa shape index (κ2) is 14.5. The van der Waals surface area contributed by atoms with Crippen molar-refractivity contribution in [3.63, 3.8) is 0 Å². The quantitative estimate of drug-likeness (QED) is 0.120. The van der Waals surface area contributed by atoms with Crippen LogP contribution in [0.5, 0.6) is 0 Å². The Balaban J connectivity index is 0.00000351. The van der Waals surface area contributed by atoms with Gasteiger partial charge in [0.1, 0.15) is 0 Å². The number of benzene rings is 8. The molecule has 0 nitrogen and oxygen atoms in total. The van der Waals surface area contributed by atoms with Gasteiger partial charge in [-0.15, -0.1) is 0 Å². The van der Waals surface area contributed by atoms with Crippen LogP contribution in [0.3, 0.4) is 0 Å². The molecule has 0 atom stereocenters. The summed E-state index contributed by atoms with van der Waals surface area (Å²) in [7, 11) is -1.82. The summed E-state index contributed by atoms with van der Waals surface area (Å²) in [6.07, 6.45) is 0. The molecule has 0 fully saturated rings. The molecule has 47 heavy (non-hydrogen) atoms. The summed E-state index contributed by atoms with van der Waals surface area (Å²) < 4.78 is 0. The maximum Gasteiger partial charge on any atom is 0.00177 e. The Hall–Kier alpha value is -3.86. The number of rotatable bonds is 7. The molecule has 0 spiro atoms. The zero-order chi connectivity index (χ0) is 30.7. The molecule has 0 aliphatic carbocycles. The van der Waals surface area contributed by atoms with E-state index in [2.05, 4.69) is 194 Å². The van der Waals surface area contributed by atoms with E-state index in [9.17, 15) is 0 Å². The Morgan fingerprint density at radius 2 is 0.723 bits per heavy atom. The van der Waals surface area contributed by atoms with Gasteiger partial charge >= 0.3 is 0 Å². The standard InChI is InChI=1S/C44H32P2.Na/c1-5-21-35(22-6-1)45(36-23-7-2-8-24-36)42-32-34-19-14-16-30-40(34)43(41-31-17-20-33-18-13-15-29-39(33)41)44(42)46(37-25-9-3-10-26-37)38-27-11-4-12-28-38;/h1-32H;. The van der Waals surface area contributed by atoms with Gasteiger partial charge in [0.15, 0.2) is 0 Å². The Bertz CT molecular complexity index is 2170. The topological polar surface area (TPSA) is 0 Å². The fourth-order valence-corrected chi connectivity index (χ4v) is 12.1. The van der Waals surface area contributed by atoms with Gasteiger partial charge in [0.2, 0.25) is 0 Å². The van der Waals surface area contributed by atoms with Crippen molar-refractivity contribution in [1.29, 1.82) is 0 Å². The van der Waals surface area contributed by atoms with Gasteiger partial charge in [-0.3, -0.25) is 0 Å². The molecular weight excluding hydrogens is 613 g/mol. The van der Waals surface area contributed by atoms with Crippen LogP contribution in [0.25, 0.3) is 32.7 Å². The third-order valence-corrected chi connectivity index (χ3v) is 13.8. The van der Waals surface area contributed by atoms with Gasteiger partial charge in [-0.2, -0.15) is 0 Å². The SMILES string of the molecule is [Na].c1ccc(P(c2ccccc2)c2cc3ccccc3c(-c3cccc4ccccc34)c2P(c2ccccc2)c2ccccc2)cc1. The van der Waals surface area contributed by atoms with E-state index >= 15 is 0 Å². The summed E-state index contributed by atoms with van der Waals surface area (Å²) in [6.45, 7) is 0. The Labute approximate surface area is 301 Å². The number of fused-ring (bicyclic) bond motifs is 2. The first-order valence-electron chi connectivity index (χ1n) is 15.7. The van der Waals surface area contributed by atoms with Gasteiger partial charge in [-0.25, -0.2) is 0 Å². The summed E-state index contributed by atoms with van der Waals surface area (Å²) in [5.41, 5.74) is 2.64. The predicted octanol–water partition coefficient (Wildman–Crippen LogP) is 8.80. The van der Waals surface area contributed by atoms with E-state index in [0.717, 1.165) is 0 Å². The predicted molar refractivity (Wildman–Crippen MR) is 210 cm³/mol. The van der Waals surface area contributed by atoms with Crippen molar-refractivity contribution in [2.75, 3.05) is 0 Å². The van der Waals surface area contributed by atoms with Crippen molar-refractivity contribution in [3.8, 4) is 11.1 Å². The minimum absolute atomic E-state index is 0. The molecule has 0 amide bonds. The molecule has 0 saturated carbocycles. The fourth-order valence-electron chi connectivity index (χ4n) is 6.58. The second-order valence-corrected chi connectivity index (χ2v) is 15.7. The number of hydrogen-bond acceptors (Lipinski definition) is 0. The van der Waals surface area contributed by atoms with Crippen LogP contribution >= 0.6 is 15.8 Å². The van der Waals surface area contributed by atoms with Crippen LogP contribution in [0.4, 0.5) is 0 Å². The monoisotopic (exact) mass is 645 g/mol. The molecule has 0 aliphatic rings. The van der Waals surface area contributed by atoms with Gasteiger partial charge in [0.05, 0.1) is 0 Å². The van der Waals surface area contributed by atoms with Gasteiger partial charge in [0.25, 0.3) is 0 Å². The van der Waals surface area contributed by atoms with E-state index in [1.807, 2.05) is 0 Å². The normalized spacial score (nSPS) is 11.2. The first kappa shape index (κ1) is 31.7. The van der Waals surface area contributed by atoms with Crippen molar-refractivity contribution < 1.29 is 0 Å². The smallest absolute Gasteiger partial charge is 0.00177 e. The minimum atomic E-state index is -0.937. The molecule has 8 aromatic rings. The van der Waals surface area contributed by atoms with Crippen LogP contribution < -0.4 is 31.8 Å². The van der Waals surface area contributed by atoms with E-state index in [1.165, 1.54) is 64.5 Å². The van der Waals surface area contributed by atoms with Crippen molar-refractivity contribution in [2.45, 2.75) is 0 Å². The van der Waals surface area contributed by atoms with E-state index < -0.39 is 15.8 Å². The average molecular weight is 646 g/mol. The minimum Gasteiger partial charge on any atom is -0.0622 e. The first-order valence-corrected chi connectivity index (χ1v) is 18.4. The number of hydrogen-bond donors (Lipinski definition) is 0. The first-order chi connectivity index (χ1) is 22.9. The van der Waals surface area contributed by atoms with Crippen LogP contribution in [-0.2, 0) is 0 Å². The van der Waals surface area contributed by atoms with E-state index in [1.54, 1.807) is 0 Å². The van der Waals surface area contributed by atoms with Gasteiger partial charge in [-0.05, 0) is 81.1 Å². The van der Waals surface area contributed by atoms with Crippen molar-refractivity contribution in [3.05, 3.63) is 194 Å². The maximum atomic E-state index is 2.52. The van der Waals surface area contributed by atoms with Crippen LogP contribution in [-0.4, -0.2) is 29.6 Å². The zero-order valence-electron chi connectivity index (χ0n) is 26.4. The van der Waals surface area contributed by atoms with Crippen LogP contribution in [0.2, 0.25) is 0 Å². The Kier molecular flexibility index (Phi) is 9.79. The van der Waals surface area contributed by atoms with Gasteiger partial charge in [0, 0.05) is 34.9 Å². The molecule has 219 valence electrons. The summed E-state index contributed by atoms with van der Waals surface area (Å²) in [4.78, 5) is 0. The largest absolute Gasteiger partial charge is 0.0622 e. The summed E-state index contributed by atoms with van der Waals surface area (Å²) in [5.74, 6) is 0. The fraction of sp³-hybridized carbons (Fsp3) is 0. The molecule has 8 rings (SSSR count). The molecular formula is C44H32NaP2. The van der Waals surface area contributed by atoms with Gasteiger partial charge in [-0.1, -0.05) is 188 Å². The summed E-state index contributed by atoms with van der Waals surface area (Å²) in [6, 6.07) is 71.9.